The van der Waals surface area contributed by atoms with Gasteiger partial charge in [-0.1, -0.05) is 40.5 Å². The van der Waals surface area contributed by atoms with Gasteiger partial charge in [-0.25, -0.2) is 0 Å². The van der Waals surface area contributed by atoms with Crippen molar-refractivity contribution in [2.24, 2.45) is 22.7 Å². The highest BCUT2D eigenvalue weighted by atomic mass is 15.3. The van der Waals surface area contributed by atoms with Gasteiger partial charge in [-0.05, 0) is 30.7 Å². The Bertz CT molecular complexity index is 413. The normalized spacial score (nSPS) is 24.5. The van der Waals surface area contributed by atoms with E-state index in [0.29, 0.717) is 5.92 Å². The molecule has 1 N–H and O–H groups in total. The molecule has 5 heteroatoms. The maximum atomic E-state index is 4.57. The highest BCUT2D eigenvalue weighted by Gasteiger charge is 2.29. The summed E-state index contributed by atoms with van der Waals surface area (Å²) in [5.41, 5.74) is 0. The summed E-state index contributed by atoms with van der Waals surface area (Å²) in [5, 5.41) is 3.66. The average Bonchev–Trinajstić information content (AvgIpc) is 3.13. The molecule has 2 fully saturated rings. The van der Waals surface area contributed by atoms with E-state index >= 15 is 0 Å². The van der Waals surface area contributed by atoms with Crippen molar-refractivity contribution in [1.29, 1.82) is 0 Å². The van der Waals surface area contributed by atoms with Crippen LogP contribution in [0.2, 0.25) is 0 Å². The minimum absolute atomic E-state index is 0.650. The lowest BCUT2D eigenvalue weighted by Crippen LogP contribution is -2.49. The van der Waals surface area contributed by atoms with Gasteiger partial charge in [0.25, 0.3) is 0 Å². The molecule has 26 heavy (non-hydrogen) atoms. The summed E-state index contributed by atoms with van der Waals surface area (Å²) in [4.78, 5) is 12.2. The van der Waals surface area contributed by atoms with Gasteiger partial charge in [0.1, 0.15) is 0 Å². The van der Waals surface area contributed by atoms with E-state index in [1.165, 1.54) is 65.1 Å². The molecule has 0 aromatic rings. The molecule has 2 aliphatic heterocycles. The van der Waals surface area contributed by atoms with Crippen LogP contribution in [0.4, 0.5) is 0 Å². The lowest BCUT2D eigenvalue weighted by Gasteiger charge is -2.35. The highest BCUT2D eigenvalue weighted by molar-refractivity contribution is 5.80. The Morgan fingerprint density at radius 2 is 1.69 bits per heavy atom. The smallest absolute Gasteiger partial charge is 0.193 e. The Hall–Kier alpha value is -0.810. The number of likely N-dealkylation sites (tertiary alicyclic amines) is 1. The highest BCUT2D eigenvalue weighted by Crippen LogP contribution is 2.28. The molecule has 0 aromatic carbocycles. The number of aliphatic imine (C=N–C) groups is 1. The van der Waals surface area contributed by atoms with Crippen LogP contribution in [0.1, 0.15) is 47.0 Å². The van der Waals surface area contributed by atoms with E-state index in [-0.39, 0.29) is 0 Å². The molecule has 0 amide bonds. The average molecular weight is 366 g/mol. The monoisotopic (exact) mass is 365 g/mol. The fraction of sp³-hybridized carbons (Fsp3) is 0.952. The summed E-state index contributed by atoms with van der Waals surface area (Å²) in [5.74, 6) is 3.48. The molecule has 0 aromatic heterocycles. The largest absolute Gasteiger partial charge is 0.356 e. The number of guanidine groups is 1. The third kappa shape index (κ3) is 6.12. The minimum atomic E-state index is 0.650. The molecule has 0 spiro atoms. The molecule has 2 aliphatic rings. The second-order valence-corrected chi connectivity index (χ2v) is 8.34. The van der Waals surface area contributed by atoms with Gasteiger partial charge in [-0.15, -0.1) is 0 Å². The van der Waals surface area contributed by atoms with Crippen LogP contribution in [0.15, 0.2) is 4.99 Å². The van der Waals surface area contributed by atoms with Gasteiger partial charge in [0.2, 0.25) is 0 Å². The van der Waals surface area contributed by atoms with E-state index in [2.05, 4.69) is 52.7 Å². The Morgan fingerprint density at radius 1 is 1.04 bits per heavy atom. The number of hydrogen-bond donors (Lipinski definition) is 1. The Balaban J connectivity index is 1.71. The van der Waals surface area contributed by atoms with E-state index in [0.717, 1.165) is 30.9 Å². The molecule has 0 bridgehead atoms. The molecule has 2 heterocycles. The predicted octanol–water partition coefficient (Wildman–Crippen LogP) is 2.59. The predicted molar refractivity (Wildman–Crippen MR) is 113 cm³/mol. The van der Waals surface area contributed by atoms with Gasteiger partial charge >= 0.3 is 0 Å². The summed E-state index contributed by atoms with van der Waals surface area (Å²) >= 11 is 0. The van der Waals surface area contributed by atoms with Crippen LogP contribution >= 0.6 is 0 Å². The summed E-state index contributed by atoms with van der Waals surface area (Å²) < 4.78 is 0. The number of rotatable bonds is 8. The maximum Gasteiger partial charge on any atom is 0.193 e. The molecule has 5 nitrogen and oxygen atoms in total. The number of hydrogen-bond acceptors (Lipinski definition) is 3. The van der Waals surface area contributed by atoms with Crippen molar-refractivity contribution in [3.63, 3.8) is 0 Å². The van der Waals surface area contributed by atoms with Crippen molar-refractivity contribution in [3.05, 3.63) is 0 Å². The third-order valence-corrected chi connectivity index (χ3v) is 6.54. The molecule has 0 aliphatic carbocycles. The number of likely N-dealkylation sites (N-methyl/N-ethyl adjacent to an activating group) is 1. The standard InChI is InChI=1S/C21H43N5/c1-6-19(7-2)20-9-10-26(17-20)21(22-5)23-15-18(4)16-25-13-11-24(8-3)12-14-25/h18-20H,6-17H2,1-5H3,(H,22,23). The first-order valence-corrected chi connectivity index (χ1v) is 11.0. The van der Waals surface area contributed by atoms with Gasteiger partial charge in [0.05, 0.1) is 0 Å². The van der Waals surface area contributed by atoms with Crippen LogP contribution in [0, 0.1) is 17.8 Å². The minimum Gasteiger partial charge on any atom is -0.356 e. The van der Waals surface area contributed by atoms with Crippen LogP contribution in [-0.2, 0) is 0 Å². The van der Waals surface area contributed by atoms with Gasteiger partial charge < -0.3 is 20.0 Å². The first-order chi connectivity index (χ1) is 12.6. The van der Waals surface area contributed by atoms with Crippen LogP contribution in [0.3, 0.4) is 0 Å². The zero-order valence-electron chi connectivity index (χ0n) is 18.0. The van der Waals surface area contributed by atoms with E-state index in [1.54, 1.807) is 0 Å². The van der Waals surface area contributed by atoms with Crippen molar-refractivity contribution in [1.82, 2.24) is 20.0 Å². The van der Waals surface area contributed by atoms with Gasteiger partial charge in [-0.3, -0.25) is 4.99 Å². The summed E-state index contributed by atoms with van der Waals surface area (Å²) in [6, 6.07) is 0. The molecule has 152 valence electrons. The second-order valence-electron chi connectivity index (χ2n) is 8.34. The fourth-order valence-corrected chi connectivity index (χ4v) is 4.71. The Kier molecular flexibility index (Phi) is 9.20. The fourth-order valence-electron chi connectivity index (χ4n) is 4.71. The van der Waals surface area contributed by atoms with Crippen molar-refractivity contribution in [2.75, 3.05) is 66.0 Å². The summed E-state index contributed by atoms with van der Waals surface area (Å²) in [7, 11) is 1.93. The number of piperazine rings is 1. The summed E-state index contributed by atoms with van der Waals surface area (Å²) in [6.45, 7) is 19.9. The third-order valence-electron chi connectivity index (χ3n) is 6.54. The quantitative estimate of drug-likeness (QED) is 0.530. The molecular formula is C21H43N5. The van der Waals surface area contributed by atoms with Crippen LogP contribution < -0.4 is 5.32 Å². The van der Waals surface area contributed by atoms with E-state index in [4.69, 9.17) is 0 Å². The van der Waals surface area contributed by atoms with Gasteiger partial charge in [0, 0.05) is 59.4 Å². The maximum absolute atomic E-state index is 4.57. The van der Waals surface area contributed by atoms with E-state index in [1.807, 2.05) is 7.05 Å². The molecule has 0 saturated carbocycles. The SMILES string of the molecule is CCC(CC)C1CCN(C(=NC)NCC(C)CN2CCN(CC)CC2)C1. The summed E-state index contributed by atoms with van der Waals surface area (Å²) in [6.07, 6.45) is 3.94. The molecule has 2 saturated heterocycles. The Morgan fingerprint density at radius 3 is 2.27 bits per heavy atom. The van der Waals surface area contributed by atoms with E-state index < -0.39 is 0 Å². The molecule has 0 radical (unpaired) electrons. The second kappa shape index (κ2) is 11.1. The van der Waals surface area contributed by atoms with Crippen molar-refractivity contribution in [2.45, 2.75) is 47.0 Å². The first-order valence-electron chi connectivity index (χ1n) is 11.0. The zero-order chi connectivity index (χ0) is 18.9. The van der Waals surface area contributed by atoms with Crippen molar-refractivity contribution in [3.8, 4) is 0 Å². The molecular weight excluding hydrogens is 322 g/mol. The lowest BCUT2D eigenvalue weighted by atomic mass is 9.87. The van der Waals surface area contributed by atoms with Crippen LogP contribution in [0.25, 0.3) is 0 Å². The topological polar surface area (TPSA) is 34.1 Å². The van der Waals surface area contributed by atoms with E-state index in [9.17, 15) is 0 Å². The van der Waals surface area contributed by atoms with Crippen LogP contribution in [0.5, 0.6) is 0 Å². The molecule has 2 unspecified atom stereocenters. The zero-order valence-corrected chi connectivity index (χ0v) is 18.0. The van der Waals surface area contributed by atoms with Gasteiger partial charge in [-0.2, -0.15) is 0 Å². The van der Waals surface area contributed by atoms with Crippen molar-refractivity contribution < 1.29 is 0 Å². The first kappa shape index (κ1) is 21.5. The van der Waals surface area contributed by atoms with Gasteiger partial charge in [0.15, 0.2) is 5.96 Å². The lowest BCUT2D eigenvalue weighted by molar-refractivity contribution is 0.124. The number of nitrogens with one attached hydrogen (secondary N) is 1. The molecule has 2 atom stereocenters. The number of nitrogens with zero attached hydrogens (tertiary/aromatic N) is 4. The van der Waals surface area contributed by atoms with Crippen molar-refractivity contribution >= 4 is 5.96 Å². The Labute approximate surface area is 162 Å². The van der Waals surface area contributed by atoms with Crippen LogP contribution in [-0.4, -0.2) is 86.6 Å². The molecule has 2 rings (SSSR count).